The molecule has 5 heteroatoms. The van der Waals surface area contributed by atoms with Crippen LogP contribution in [0.5, 0.6) is 0 Å². The topological polar surface area (TPSA) is 23.6 Å². The van der Waals surface area contributed by atoms with Gasteiger partial charge in [-0.05, 0) is 62.8 Å². The largest absolute Gasteiger partial charge is 0.300 e. The van der Waals surface area contributed by atoms with Gasteiger partial charge in [-0.25, -0.2) is 4.39 Å². The Labute approximate surface area is 186 Å². The van der Waals surface area contributed by atoms with Crippen LogP contribution in [0.2, 0.25) is 0 Å². The van der Waals surface area contributed by atoms with E-state index in [9.17, 15) is 9.18 Å². The first kappa shape index (κ1) is 22.0. The van der Waals surface area contributed by atoms with Crippen LogP contribution in [0.3, 0.4) is 0 Å². The van der Waals surface area contributed by atoms with Crippen molar-refractivity contribution in [1.29, 1.82) is 0 Å². The van der Waals surface area contributed by atoms with Crippen LogP contribution in [0.25, 0.3) is 0 Å². The summed E-state index contributed by atoms with van der Waals surface area (Å²) < 4.78 is 14.6. The Morgan fingerprint density at radius 2 is 1.90 bits per heavy atom. The number of ketones is 1. The van der Waals surface area contributed by atoms with Crippen molar-refractivity contribution in [2.45, 2.75) is 56.7 Å². The molecule has 2 aliphatic heterocycles. The number of likely N-dealkylation sites (tertiary alicyclic amines) is 2. The number of carbonyl (C=O) groups excluding carboxylic acids is 1. The molecule has 0 spiro atoms. The molecule has 2 heterocycles. The van der Waals surface area contributed by atoms with E-state index in [0.717, 1.165) is 38.3 Å². The molecule has 1 aliphatic carbocycles. The number of carbonyl (C=O) groups is 1. The number of benzene rings is 1. The van der Waals surface area contributed by atoms with E-state index in [-0.39, 0.29) is 22.8 Å². The molecule has 3 nitrogen and oxygen atoms in total. The number of rotatable bonds is 7. The monoisotopic (exact) mass is 430 g/mol. The fourth-order valence-corrected chi connectivity index (χ4v) is 5.26. The Hall–Kier alpha value is -1.17. The molecule has 2 saturated heterocycles. The number of hydrogen-bond acceptors (Lipinski definition) is 4. The fourth-order valence-electron chi connectivity index (χ4n) is 4.95. The van der Waals surface area contributed by atoms with Gasteiger partial charge in [0.05, 0.1) is 6.04 Å². The third kappa shape index (κ3) is 5.17. The molecule has 3 fully saturated rings. The highest BCUT2D eigenvalue weighted by Gasteiger charge is 2.40. The molecule has 0 radical (unpaired) electrons. The highest BCUT2D eigenvalue weighted by molar-refractivity contribution is 7.81. The lowest BCUT2D eigenvalue weighted by molar-refractivity contribution is -0.126. The van der Waals surface area contributed by atoms with Crippen LogP contribution in [-0.2, 0) is 4.79 Å². The van der Waals surface area contributed by atoms with Gasteiger partial charge >= 0.3 is 0 Å². The third-order valence-electron chi connectivity index (χ3n) is 7.21. The number of nitrogens with zero attached hydrogens (tertiary/aromatic N) is 2. The van der Waals surface area contributed by atoms with Gasteiger partial charge in [-0.3, -0.25) is 14.6 Å². The van der Waals surface area contributed by atoms with Crippen molar-refractivity contribution < 1.29 is 9.18 Å². The molecule has 3 aliphatic rings. The van der Waals surface area contributed by atoms with E-state index < -0.39 is 6.04 Å². The summed E-state index contributed by atoms with van der Waals surface area (Å²) in [5.74, 6) is 0.912. The molecule has 164 valence electrons. The highest BCUT2D eigenvalue weighted by Crippen LogP contribution is 2.39. The molecule has 2 atom stereocenters. The van der Waals surface area contributed by atoms with Crippen LogP contribution in [0.15, 0.2) is 35.9 Å². The lowest BCUT2D eigenvalue weighted by Crippen LogP contribution is -2.43. The van der Waals surface area contributed by atoms with E-state index in [0.29, 0.717) is 12.1 Å². The molecule has 0 N–H and O–H groups in total. The van der Waals surface area contributed by atoms with Crippen molar-refractivity contribution in [3.05, 3.63) is 47.3 Å². The van der Waals surface area contributed by atoms with Crippen LogP contribution in [0.4, 0.5) is 4.39 Å². The molecule has 1 aromatic rings. The maximum absolute atomic E-state index is 14.6. The van der Waals surface area contributed by atoms with Gasteiger partial charge < -0.3 is 0 Å². The smallest absolute Gasteiger partial charge is 0.157 e. The third-order valence-corrected chi connectivity index (χ3v) is 7.80. The first-order chi connectivity index (χ1) is 14.6. The zero-order valence-corrected chi connectivity index (χ0v) is 19.0. The summed E-state index contributed by atoms with van der Waals surface area (Å²) in [5.41, 5.74) is 1.82. The molecular weight excluding hydrogens is 395 g/mol. The SMILES string of the molecule is CCC1CCN(C/C=C2\CN(C(C(=O)C3CC3)c3ccccc3F)CCC2S)CC1. The van der Waals surface area contributed by atoms with Gasteiger partial charge in [-0.2, -0.15) is 12.6 Å². The Morgan fingerprint density at radius 1 is 1.17 bits per heavy atom. The zero-order valence-electron chi connectivity index (χ0n) is 18.1. The Bertz CT molecular complexity index is 770. The minimum Gasteiger partial charge on any atom is -0.300 e. The quantitative estimate of drug-likeness (QED) is 0.492. The second-order valence-corrected chi connectivity index (χ2v) is 9.93. The van der Waals surface area contributed by atoms with E-state index in [1.54, 1.807) is 12.1 Å². The van der Waals surface area contributed by atoms with Crippen LogP contribution in [0, 0.1) is 17.7 Å². The van der Waals surface area contributed by atoms with Crippen molar-refractivity contribution in [2.75, 3.05) is 32.7 Å². The maximum Gasteiger partial charge on any atom is 0.157 e. The average molecular weight is 431 g/mol. The summed E-state index contributed by atoms with van der Waals surface area (Å²) >= 11 is 4.83. The first-order valence-electron chi connectivity index (χ1n) is 11.7. The minimum atomic E-state index is -0.469. The summed E-state index contributed by atoms with van der Waals surface area (Å²) in [6.45, 7) is 7.07. The van der Waals surface area contributed by atoms with Crippen molar-refractivity contribution in [3.8, 4) is 0 Å². The number of thiol groups is 1. The van der Waals surface area contributed by atoms with Gasteiger partial charge in [0.15, 0.2) is 5.78 Å². The molecule has 4 rings (SSSR count). The Balaban J connectivity index is 1.47. The molecule has 0 bridgehead atoms. The second-order valence-electron chi connectivity index (χ2n) is 9.31. The maximum atomic E-state index is 14.6. The second kappa shape index (κ2) is 9.97. The van der Waals surface area contributed by atoms with E-state index >= 15 is 0 Å². The Morgan fingerprint density at radius 3 is 2.57 bits per heavy atom. The van der Waals surface area contributed by atoms with Gasteiger partial charge in [-0.15, -0.1) is 0 Å². The molecule has 0 aromatic heterocycles. The van der Waals surface area contributed by atoms with Crippen molar-refractivity contribution in [1.82, 2.24) is 9.80 Å². The molecule has 0 amide bonds. The summed E-state index contributed by atoms with van der Waals surface area (Å²) in [7, 11) is 0. The van der Waals surface area contributed by atoms with E-state index in [1.165, 1.54) is 44.0 Å². The van der Waals surface area contributed by atoms with Gasteiger partial charge in [0.1, 0.15) is 5.82 Å². The molecule has 2 unspecified atom stereocenters. The Kier molecular flexibility index (Phi) is 7.32. The number of Topliss-reactive ketones (excluding diaryl/α,β-unsaturated/α-hetero) is 1. The van der Waals surface area contributed by atoms with Gasteiger partial charge in [-0.1, -0.05) is 37.6 Å². The number of hydrogen-bond donors (Lipinski definition) is 1. The summed E-state index contributed by atoms with van der Waals surface area (Å²) in [5, 5.41) is 0.228. The molecular formula is C25H35FN2OS. The van der Waals surface area contributed by atoms with Gasteiger partial charge in [0, 0.05) is 36.4 Å². The van der Waals surface area contributed by atoms with E-state index in [2.05, 4.69) is 22.8 Å². The summed E-state index contributed by atoms with van der Waals surface area (Å²) in [4.78, 5) is 17.9. The molecule has 1 saturated carbocycles. The lowest BCUT2D eigenvalue weighted by atomic mass is 9.93. The fraction of sp³-hybridized carbons (Fsp3) is 0.640. The molecule has 1 aromatic carbocycles. The van der Waals surface area contributed by atoms with Gasteiger partial charge in [0.25, 0.3) is 0 Å². The van der Waals surface area contributed by atoms with Crippen molar-refractivity contribution in [3.63, 3.8) is 0 Å². The predicted octanol–water partition coefficient (Wildman–Crippen LogP) is 4.90. The van der Waals surface area contributed by atoms with Crippen molar-refractivity contribution >= 4 is 18.4 Å². The van der Waals surface area contributed by atoms with E-state index in [1.807, 2.05) is 6.07 Å². The predicted molar refractivity (Wildman–Crippen MR) is 123 cm³/mol. The highest BCUT2D eigenvalue weighted by atomic mass is 32.1. The van der Waals surface area contributed by atoms with Gasteiger partial charge in [0.2, 0.25) is 0 Å². The standard InChI is InChI=1S/C25H35FN2OS/c1-2-18-9-13-27(14-10-18)15-11-20-17-28(16-12-23(20)30)24(25(29)19-7-8-19)21-5-3-4-6-22(21)26/h3-6,11,18-19,23-24,30H,2,7-10,12-17H2,1H3/b20-11+. The number of piperidine rings is 2. The summed E-state index contributed by atoms with van der Waals surface area (Å²) in [6.07, 6.45) is 9.00. The normalized spacial score (nSPS) is 26.8. The van der Waals surface area contributed by atoms with Crippen LogP contribution in [0.1, 0.15) is 57.1 Å². The van der Waals surface area contributed by atoms with Crippen LogP contribution < -0.4 is 0 Å². The number of halogens is 1. The van der Waals surface area contributed by atoms with E-state index in [4.69, 9.17) is 12.6 Å². The lowest BCUT2D eigenvalue weighted by Gasteiger charge is -2.38. The minimum absolute atomic E-state index is 0.107. The molecule has 30 heavy (non-hydrogen) atoms. The first-order valence-corrected chi connectivity index (χ1v) is 12.2. The van der Waals surface area contributed by atoms with Crippen LogP contribution >= 0.6 is 12.6 Å². The average Bonchev–Trinajstić information content (AvgIpc) is 3.61. The zero-order chi connectivity index (χ0) is 21.1. The van der Waals surface area contributed by atoms with Crippen molar-refractivity contribution in [2.24, 2.45) is 11.8 Å². The van der Waals surface area contributed by atoms with Crippen LogP contribution in [-0.4, -0.2) is 53.6 Å². The summed E-state index contributed by atoms with van der Waals surface area (Å²) in [6, 6.07) is 6.33.